The highest BCUT2D eigenvalue weighted by atomic mass is 16.6. The van der Waals surface area contributed by atoms with Gasteiger partial charge in [-0.1, -0.05) is 23.4 Å². The topological polar surface area (TPSA) is 68.1 Å². The molecule has 2 rings (SSSR count). The summed E-state index contributed by atoms with van der Waals surface area (Å²) in [5.41, 5.74) is 0.0784. The molecule has 1 aromatic carbocycles. The van der Waals surface area contributed by atoms with Gasteiger partial charge in [0.05, 0.1) is 6.61 Å². The Morgan fingerprint density at radius 2 is 2.24 bits per heavy atom. The van der Waals surface area contributed by atoms with Crippen LogP contribution >= 0.6 is 0 Å². The number of rotatable bonds is 5. The Bertz CT molecular complexity index is 416. The van der Waals surface area contributed by atoms with Crippen LogP contribution in [0.3, 0.4) is 0 Å². The molecule has 1 aromatic rings. The minimum Gasteiger partial charge on any atom is -0.493 e. The van der Waals surface area contributed by atoms with Crippen LogP contribution in [-0.2, 0) is 9.63 Å². The van der Waals surface area contributed by atoms with Crippen molar-refractivity contribution in [2.75, 3.05) is 6.61 Å². The van der Waals surface area contributed by atoms with Crippen LogP contribution in [0.5, 0.6) is 5.75 Å². The minimum atomic E-state index is -1.02. The summed E-state index contributed by atoms with van der Waals surface area (Å²) >= 11 is 0. The van der Waals surface area contributed by atoms with Gasteiger partial charge in [-0.25, -0.2) is 4.79 Å². The molecule has 0 aromatic heterocycles. The summed E-state index contributed by atoms with van der Waals surface area (Å²) in [7, 11) is 0. The fourth-order valence-corrected chi connectivity index (χ4v) is 1.53. The highest BCUT2D eigenvalue weighted by Gasteiger charge is 2.25. The number of para-hydroxylation sites is 1. The first kappa shape index (κ1) is 11.4. The van der Waals surface area contributed by atoms with E-state index < -0.39 is 5.97 Å². The summed E-state index contributed by atoms with van der Waals surface area (Å²) in [6.07, 6.45) is 0.771. The molecule has 1 aliphatic rings. The van der Waals surface area contributed by atoms with Crippen LogP contribution in [0.2, 0.25) is 0 Å². The zero-order valence-corrected chi connectivity index (χ0v) is 9.20. The summed E-state index contributed by atoms with van der Waals surface area (Å²) in [6, 6.07) is 9.45. The lowest BCUT2D eigenvalue weighted by Crippen LogP contribution is -2.16. The normalized spacial score (nSPS) is 18.4. The van der Waals surface area contributed by atoms with Crippen LogP contribution in [0.25, 0.3) is 0 Å². The second-order valence-electron chi connectivity index (χ2n) is 3.72. The van der Waals surface area contributed by atoms with Gasteiger partial charge in [-0.15, -0.1) is 0 Å². The summed E-state index contributed by atoms with van der Waals surface area (Å²) in [5.74, 6) is -0.221. The molecule has 0 saturated heterocycles. The number of aliphatic carboxylic acids is 1. The Morgan fingerprint density at radius 1 is 1.47 bits per heavy atom. The number of carboxylic acids is 1. The van der Waals surface area contributed by atoms with Crippen molar-refractivity contribution in [2.45, 2.75) is 18.9 Å². The van der Waals surface area contributed by atoms with Gasteiger partial charge in [0, 0.05) is 12.8 Å². The molecular formula is C12H13NO4. The van der Waals surface area contributed by atoms with Gasteiger partial charge >= 0.3 is 5.97 Å². The van der Waals surface area contributed by atoms with Crippen molar-refractivity contribution in [1.29, 1.82) is 0 Å². The van der Waals surface area contributed by atoms with Crippen LogP contribution in [0.15, 0.2) is 35.5 Å². The molecule has 0 radical (unpaired) electrons. The maximum atomic E-state index is 10.6. The van der Waals surface area contributed by atoms with Crippen LogP contribution in [0, 0.1) is 0 Å². The van der Waals surface area contributed by atoms with Crippen molar-refractivity contribution in [1.82, 2.24) is 0 Å². The van der Waals surface area contributed by atoms with E-state index in [4.69, 9.17) is 14.7 Å². The monoisotopic (exact) mass is 235 g/mol. The van der Waals surface area contributed by atoms with Crippen molar-refractivity contribution >= 4 is 11.7 Å². The number of hydrogen-bond acceptors (Lipinski definition) is 4. The average Bonchev–Trinajstić information content (AvgIpc) is 2.79. The first-order valence-corrected chi connectivity index (χ1v) is 5.39. The highest BCUT2D eigenvalue weighted by molar-refractivity contribution is 6.35. The number of ether oxygens (including phenoxy) is 1. The standard InChI is InChI=1S/C12H13NO4/c14-12(15)11-8-10(17-13-11)6-7-16-9-4-2-1-3-5-9/h1-5,10H,6-8H2,(H,14,15). The predicted octanol–water partition coefficient (Wildman–Crippen LogP) is 1.68. The molecule has 1 unspecified atom stereocenters. The van der Waals surface area contributed by atoms with Gasteiger partial charge in [-0.3, -0.25) is 0 Å². The van der Waals surface area contributed by atoms with Gasteiger partial charge in [-0.05, 0) is 12.1 Å². The SMILES string of the molecule is O=C(O)C1=NOC(CCOc2ccccc2)C1. The van der Waals surface area contributed by atoms with E-state index in [9.17, 15) is 4.79 Å². The number of carbonyl (C=O) groups is 1. The van der Waals surface area contributed by atoms with Gasteiger partial charge in [0.2, 0.25) is 0 Å². The van der Waals surface area contributed by atoms with Gasteiger partial charge in [0.25, 0.3) is 0 Å². The molecule has 0 saturated carbocycles. The lowest BCUT2D eigenvalue weighted by atomic mass is 10.1. The first-order valence-electron chi connectivity index (χ1n) is 5.39. The molecule has 1 atom stereocenters. The van der Waals surface area contributed by atoms with Gasteiger partial charge in [0.1, 0.15) is 11.9 Å². The third kappa shape index (κ3) is 3.21. The van der Waals surface area contributed by atoms with Crippen molar-refractivity contribution in [3.8, 4) is 5.75 Å². The van der Waals surface area contributed by atoms with Crippen LogP contribution in [0.4, 0.5) is 0 Å². The second-order valence-corrected chi connectivity index (χ2v) is 3.72. The van der Waals surface area contributed by atoms with Crippen molar-refractivity contribution in [3.05, 3.63) is 30.3 Å². The molecule has 5 nitrogen and oxygen atoms in total. The molecule has 1 aliphatic heterocycles. The molecule has 17 heavy (non-hydrogen) atoms. The minimum absolute atomic E-state index is 0.0784. The number of nitrogens with zero attached hydrogens (tertiary/aromatic N) is 1. The van der Waals surface area contributed by atoms with Crippen LogP contribution in [-0.4, -0.2) is 29.5 Å². The number of oxime groups is 1. The fourth-order valence-electron chi connectivity index (χ4n) is 1.53. The second kappa shape index (κ2) is 5.34. The molecule has 90 valence electrons. The van der Waals surface area contributed by atoms with E-state index >= 15 is 0 Å². The van der Waals surface area contributed by atoms with Crippen LogP contribution < -0.4 is 4.74 Å². The van der Waals surface area contributed by atoms with Gasteiger partial charge < -0.3 is 14.7 Å². The summed E-state index contributed by atoms with van der Waals surface area (Å²) in [4.78, 5) is 15.6. The number of hydrogen-bond donors (Lipinski definition) is 1. The largest absolute Gasteiger partial charge is 0.493 e. The molecule has 0 spiro atoms. The van der Waals surface area contributed by atoms with E-state index in [0.29, 0.717) is 19.4 Å². The quantitative estimate of drug-likeness (QED) is 0.843. The number of benzene rings is 1. The molecule has 1 heterocycles. The molecule has 0 bridgehead atoms. The predicted molar refractivity (Wildman–Crippen MR) is 61.1 cm³/mol. The fraction of sp³-hybridized carbons (Fsp3) is 0.333. The first-order chi connectivity index (χ1) is 8.25. The Morgan fingerprint density at radius 3 is 2.88 bits per heavy atom. The maximum Gasteiger partial charge on any atom is 0.353 e. The van der Waals surface area contributed by atoms with E-state index in [1.165, 1.54) is 0 Å². The third-order valence-corrected chi connectivity index (χ3v) is 2.43. The molecule has 0 amide bonds. The third-order valence-electron chi connectivity index (χ3n) is 2.43. The maximum absolute atomic E-state index is 10.6. The molecule has 1 N–H and O–H groups in total. The van der Waals surface area contributed by atoms with Gasteiger partial charge in [0.15, 0.2) is 5.71 Å². The molecule has 0 aliphatic carbocycles. The Kier molecular flexibility index (Phi) is 3.59. The Labute approximate surface area is 98.6 Å². The molecule has 5 heteroatoms. The van der Waals surface area contributed by atoms with E-state index in [0.717, 1.165) is 5.75 Å². The molecule has 0 fully saturated rings. The Hall–Kier alpha value is -2.04. The van der Waals surface area contributed by atoms with E-state index in [2.05, 4.69) is 5.16 Å². The van der Waals surface area contributed by atoms with Gasteiger partial charge in [-0.2, -0.15) is 0 Å². The molecular weight excluding hydrogens is 222 g/mol. The zero-order chi connectivity index (χ0) is 12.1. The van der Waals surface area contributed by atoms with Crippen molar-refractivity contribution < 1.29 is 19.5 Å². The Balaban J connectivity index is 1.70. The highest BCUT2D eigenvalue weighted by Crippen LogP contribution is 2.15. The van der Waals surface area contributed by atoms with E-state index in [1.54, 1.807) is 0 Å². The summed E-state index contributed by atoms with van der Waals surface area (Å²) in [5, 5.41) is 12.2. The lowest BCUT2D eigenvalue weighted by Gasteiger charge is -2.09. The lowest BCUT2D eigenvalue weighted by molar-refractivity contribution is -0.129. The summed E-state index contributed by atoms with van der Waals surface area (Å²) in [6.45, 7) is 0.483. The van der Waals surface area contributed by atoms with Crippen molar-refractivity contribution in [3.63, 3.8) is 0 Å². The smallest absolute Gasteiger partial charge is 0.353 e. The summed E-state index contributed by atoms with van der Waals surface area (Å²) < 4.78 is 5.49. The number of carboxylic acid groups (broad SMARTS) is 1. The zero-order valence-electron chi connectivity index (χ0n) is 9.20. The van der Waals surface area contributed by atoms with Crippen LogP contribution in [0.1, 0.15) is 12.8 Å². The average molecular weight is 235 g/mol. The van der Waals surface area contributed by atoms with Crippen molar-refractivity contribution in [2.24, 2.45) is 5.16 Å². The van der Waals surface area contributed by atoms with E-state index in [-0.39, 0.29) is 11.8 Å². The van der Waals surface area contributed by atoms with E-state index in [1.807, 2.05) is 30.3 Å².